The zero-order valence-electron chi connectivity index (χ0n) is 14.0. The molecule has 0 radical (unpaired) electrons. The third-order valence-corrected chi connectivity index (χ3v) is 6.43. The van der Waals surface area contributed by atoms with Crippen molar-refractivity contribution in [2.24, 2.45) is 23.7 Å². The van der Waals surface area contributed by atoms with Crippen LogP contribution in [0.25, 0.3) is 0 Å². The fourth-order valence-electron chi connectivity index (χ4n) is 5.23. The Labute approximate surface area is 132 Å². The molecule has 8 atom stereocenters. The maximum atomic E-state index is 6.25. The van der Waals surface area contributed by atoms with Crippen LogP contribution in [0.2, 0.25) is 0 Å². The highest BCUT2D eigenvalue weighted by Crippen LogP contribution is 2.60. The third-order valence-electron chi connectivity index (χ3n) is 6.43. The van der Waals surface area contributed by atoms with Crippen molar-refractivity contribution in [3.8, 4) is 0 Å². The number of hydrogen-bond acceptors (Lipinski definition) is 5. The molecule has 4 heterocycles. The molecule has 1 saturated carbocycles. The molecule has 1 spiro atoms. The predicted molar refractivity (Wildman–Crippen MR) is 78.5 cm³/mol. The van der Waals surface area contributed by atoms with E-state index in [1.54, 1.807) is 0 Å². The minimum absolute atomic E-state index is 0.216. The van der Waals surface area contributed by atoms with E-state index in [0.29, 0.717) is 24.4 Å². The lowest BCUT2D eigenvalue weighted by Gasteiger charge is -2.60. The van der Waals surface area contributed by atoms with Crippen LogP contribution in [0.1, 0.15) is 53.4 Å². The Morgan fingerprint density at radius 1 is 1.09 bits per heavy atom. The van der Waals surface area contributed by atoms with Crippen molar-refractivity contribution in [3.63, 3.8) is 0 Å². The second kappa shape index (κ2) is 5.15. The molecule has 5 fully saturated rings. The molecule has 1 aliphatic carbocycles. The summed E-state index contributed by atoms with van der Waals surface area (Å²) in [6.07, 6.45) is 3.66. The van der Waals surface area contributed by atoms with E-state index < -0.39 is 11.4 Å². The van der Waals surface area contributed by atoms with E-state index in [0.717, 1.165) is 19.3 Å². The van der Waals surface area contributed by atoms with Crippen LogP contribution >= 0.6 is 0 Å². The molecule has 4 aliphatic heterocycles. The highest BCUT2D eigenvalue weighted by molar-refractivity contribution is 5.09. The van der Waals surface area contributed by atoms with Crippen LogP contribution in [0.4, 0.5) is 0 Å². The first-order valence-electron chi connectivity index (χ1n) is 8.82. The lowest BCUT2D eigenvalue weighted by atomic mass is 9.58. The summed E-state index contributed by atoms with van der Waals surface area (Å²) in [6, 6.07) is 0. The number of hydrogen-bond donors (Lipinski definition) is 0. The van der Waals surface area contributed by atoms with E-state index in [1.165, 1.54) is 6.42 Å². The highest BCUT2D eigenvalue weighted by Gasteiger charge is 2.69. The molecular weight excluding hydrogens is 284 g/mol. The summed E-state index contributed by atoms with van der Waals surface area (Å²) in [5.74, 6) is 0.957. The molecule has 0 N–H and O–H groups in total. The summed E-state index contributed by atoms with van der Waals surface area (Å²) in [4.78, 5) is 11.9. The Kier molecular flexibility index (Phi) is 3.59. The number of ether oxygens (including phenoxy) is 3. The quantitative estimate of drug-likeness (QED) is 0.733. The molecular formula is C17H28O5. The summed E-state index contributed by atoms with van der Waals surface area (Å²) in [6.45, 7) is 9.15. The SMILES string of the molecule is CCO[C@H]1O[C@H]2O[C@]3(C)CC[C@H]4[C@@H](C)CC[C@@H]([C@@H]1C)[C@]24OO3. The second-order valence-electron chi connectivity index (χ2n) is 7.73. The topological polar surface area (TPSA) is 46.2 Å². The first-order chi connectivity index (χ1) is 10.5. The van der Waals surface area contributed by atoms with Gasteiger partial charge in [0.05, 0.1) is 0 Å². The van der Waals surface area contributed by atoms with Gasteiger partial charge in [0.25, 0.3) is 0 Å². The van der Waals surface area contributed by atoms with Crippen LogP contribution in [-0.4, -0.2) is 30.6 Å². The molecule has 5 aliphatic rings. The summed E-state index contributed by atoms with van der Waals surface area (Å²) >= 11 is 0. The van der Waals surface area contributed by atoms with E-state index >= 15 is 0 Å². The van der Waals surface area contributed by atoms with Crippen LogP contribution in [0, 0.1) is 23.7 Å². The molecule has 22 heavy (non-hydrogen) atoms. The molecule has 0 aromatic carbocycles. The fraction of sp³-hybridized carbons (Fsp3) is 1.00. The van der Waals surface area contributed by atoms with Crippen molar-refractivity contribution in [2.75, 3.05) is 6.61 Å². The van der Waals surface area contributed by atoms with Gasteiger partial charge in [-0.2, -0.15) is 0 Å². The number of fused-ring (bicyclic) bond motifs is 2. The van der Waals surface area contributed by atoms with Gasteiger partial charge in [0, 0.05) is 24.9 Å². The van der Waals surface area contributed by atoms with Crippen molar-refractivity contribution < 1.29 is 24.0 Å². The van der Waals surface area contributed by atoms with E-state index in [2.05, 4.69) is 13.8 Å². The van der Waals surface area contributed by atoms with E-state index in [1.807, 2.05) is 13.8 Å². The predicted octanol–water partition coefficient (Wildman–Crippen LogP) is 3.23. The molecule has 5 nitrogen and oxygen atoms in total. The van der Waals surface area contributed by atoms with E-state index in [-0.39, 0.29) is 18.5 Å². The highest BCUT2D eigenvalue weighted by atomic mass is 17.3. The molecule has 2 bridgehead atoms. The maximum Gasteiger partial charge on any atom is 0.201 e. The van der Waals surface area contributed by atoms with Crippen LogP contribution in [0.5, 0.6) is 0 Å². The third kappa shape index (κ3) is 1.96. The van der Waals surface area contributed by atoms with Gasteiger partial charge in [0.15, 0.2) is 18.2 Å². The van der Waals surface area contributed by atoms with Gasteiger partial charge in [-0.3, -0.25) is 0 Å². The summed E-state index contributed by atoms with van der Waals surface area (Å²) in [5, 5.41) is 0. The van der Waals surface area contributed by atoms with E-state index in [9.17, 15) is 0 Å². The Bertz CT molecular complexity index is 443. The van der Waals surface area contributed by atoms with Crippen molar-refractivity contribution in [1.29, 1.82) is 0 Å². The average molecular weight is 312 g/mol. The monoisotopic (exact) mass is 312 g/mol. The minimum Gasteiger partial charge on any atom is -0.353 e. The molecule has 0 unspecified atom stereocenters. The van der Waals surface area contributed by atoms with Gasteiger partial charge in [-0.25, -0.2) is 9.78 Å². The van der Waals surface area contributed by atoms with Gasteiger partial charge >= 0.3 is 0 Å². The molecule has 5 heteroatoms. The molecule has 0 amide bonds. The first-order valence-corrected chi connectivity index (χ1v) is 8.82. The Hall–Kier alpha value is -0.200. The standard InChI is InChI=1S/C17H28O5/c1-5-18-14-11(3)13-7-6-10(2)12-8-9-16(4)20-15(19-14)17(12,13)22-21-16/h10-15H,5-9H2,1-4H3/t10-,11-,12-,13-,14-,15-,16-,17-/m0/s1. The second-order valence-corrected chi connectivity index (χ2v) is 7.73. The average Bonchev–Trinajstić information content (AvgIpc) is 2.71. The lowest BCUT2D eigenvalue weighted by molar-refractivity contribution is -0.577. The van der Waals surface area contributed by atoms with Gasteiger partial charge < -0.3 is 14.2 Å². The molecule has 0 aromatic rings. The van der Waals surface area contributed by atoms with E-state index in [4.69, 9.17) is 24.0 Å². The summed E-state index contributed by atoms with van der Waals surface area (Å²) < 4.78 is 18.3. The smallest absolute Gasteiger partial charge is 0.201 e. The zero-order valence-corrected chi connectivity index (χ0v) is 14.0. The van der Waals surface area contributed by atoms with Gasteiger partial charge in [-0.1, -0.05) is 13.8 Å². The Morgan fingerprint density at radius 2 is 1.91 bits per heavy atom. The maximum absolute atomic E-state index is 6.25. The fourth-order valence-corrected chi connectivity index (χ4v) is 5.23. The lowest BCUT2D eigenvalue weighted by Crippen LogP contribution is -2.70. The van der Waals surface area contributed by atoms with Gasteiger partial charge in [0.2, 0.25) is 5.79 Å². The van der Waals surface area contributed by atoms with Crippen molar-refractivity contribution in [1.82, 2.24) is 0 Å². The molecule has 4 saturated heterocycles. The summed E-state index contributed by atoms with van der Waals surface area (Å²) in [7, 11) is 0. The Balaban J connectivity index is 1.75. The van der Waals surface area contributed by atoms with Crippen LogP contribution < -0.4 is 0 Å². The minimum atomic E-state index is -0.700. The van der Waals surface area contributed by atoms with Gasteiger partial charge in [0.1, 0.15) is 0 Å². The van der Waals surface area contributed by atoms with Crippen LogP contribution in [-0.2, 0) is 24.0 Å². The molecule has 0 aromatic heterocycles. The van der Waals surface area contributed by atoms with Crippen molar-refractivity contribution in [2.45, 2.75) is 77.3 Å². The van der Waals surface area contributed by atoms with Crippen molar-refractivity contribution >= 4 is 0 Å². The number of rotatable bonds is 2. The van der Waals surface area contributed by atoms with Crippen molar-refractivity contribution in [3.05, 3.63) is 0 Å². The van der Waals surface area contributed by atoms with Crippen LogP contribution in [0.3, 0.4) is 0 Å². The zero-order chi connectivity index (χ0) is 15.5. The van der Waals surface area contributed by atoms with Gasteiger partial charge in [-0.05, 0) is 44.9 Å². The largest absolute Gasteiger partial charge is 0.353 e. The molecule has 126 valence electrons. The first kappa shape index (κ1) is 15.3. The Morgan fingerprint density at radius 3 is 2.68 bits per heavy atom. The summed E-state index contributed by atoms with van der Waals surface area (Å²) in [5.41, 5.74) is -0.472. The molecule has 5 rings (SSSR count). The van der Waals surface area contributed by atoms with Crippen LogP contribution in [0.15, 0.2) is 0 Å². The van der Waals surface area contributed by atoms with Gasteiger partial charge in [-0.15, -0.1) is 0 Å². The normalized spacial score (nSPS) is 57.3.